The first-order valence-corrected chi connectivity index (χ1v) is 16.2. The van der Waals surface area contributed by atoms with Crippen LogP contribution in [-0.4, -0.2) is 177 Å². The monoisotopic (exact) mass is 711 g/mol. The van der Waals surface area contributed by atoms with Gasteiger partial charge in [-0.3, -0.25) is 4.68 Å². The summed E-state index contributed by atoms with van der Waals surface area (Å²) in [6.07, 6.45) is -19.3. The molecule has 3 aliphatic heterocycles. The number of aliphatic hydroxyl groups excluding tert-OH is 9. The van der Waals surface area contributed by atoms with Gasteiger partial charge in [0.15, 0.2) is 12.6 Å². The number of aromatic nitrogens is 3. The van der Waals surface area contributed by atoms with Gasteiger partial charge in [0, 0.05) is 24.8 Å². The summed E-state index contributed by atoms with van der Waals surface area (Å²) in [4.78, 5) is 12.6. The van der Waals surface area contributed by atoms with E-state index in [1.807, 2.05) is 6.92 Å². The maximum Gasteiger partial charge on any atom is 0.364 e. The predicted octanol–water partition coefficient (Wildman–Crippen LogP) is -4.59. The molecule has 20 nitrogen and oxygen atoms in total. The van der Waals surface area contributed by atoms with Gasteiger partial charge in [0.1, 0.15) is 54.5 Å². The van der Waals surface area contributed by atoms with Crippen molar-refractivity contribution in [3.63, 3.8) is 0 Å². The Morgan fingerprint density at radius 1 is 1.00 bits per heavy atom. The van der Waals surface area contributed by atoms with Crippen molar-refractivity contribution in [2.24, 2.45) is 11.8 Å². The minimum Gasteiger partial charge on any atom is -0.477 e. The van der Waals surface area contributed by atoms with Crippen molar-refractivity contribution in [2.75, 3.05) is 19.8 Å². The minimum atomic E-state index is -2.83. The normalized spacial score (nSPS) is 41.3. The zero-order valence-electron chi connectivity index (χ0n) is 27.4. The van der Waals surface area contributed by atoms with Crippen LogP contribution in [0.1, 0.15) is 39.3 Å². The van der Waals surface area contributed by atoms with Crippen LogP contribution in [0.25, 0.3) is 0 Å². The summed E-state index contributed by atoms with van der Waals surface area (Å²) >= 11 is 0. The summed E-state index contributed by atoms with van der Waals surface area (Å²) in [5, 5.41) is 112. The molecule has 4 rings (SSSR count). The number of carboxylic acid groups (broad SMARTS) is 1. The van der Waals surface area contributed by atoms with E-state index >= 15 is 0 Å². The zero-order valence-corrected chi connectivity index (χ0v) is 27.4. The van der Waals surface area contributed by atoms with E-state index in [1.54, 1.807) is 17.8 Å². The highest BCUT2D eigenvalue weighted by Gasteiger charge is 2.59. The van der Waals surface area contributed by atoms with Crippen LogP contribution in [0.4, 0.5) is 0 Å². The average molecular weight is 712 g/mol. The summed E-state index contributed by atoms with van der Waals surface area (Å²) in [6.45, 7) is 3.13. The molecule has 3 fully saturated rings. The van der Waals surface area contributed by atoms with E-state index in [9.17, 15) is 55.9 Å². The smallest absolute Gasteiger partial charge is 0.364 e. The van der Waals surface area contributed by atoms with Crippen LogP contribution in [-0.2, 0) is 46.4 Å². The average Bonchev–Trinajstić information content (AvgIpc) is 3.53. The van der Waals surface area contributed by atoms with Crippen LogP contribution in [0.15, 0.2) is 6.20 Å². The first kappa shape index (κ1) is 39.8. The second-order valence-electron chi connectivity index (χ2n) is 12.8. The lowest BCUT2D eigenvalue weighted by molar-refractivity contribution is -0.386. The molecular weight excluding hydrogens is 662 g/mol. The molecule has 0 amide bonds. The lowest BCUT2D eigenvalue weighted by Gasteiger charge is -2.50. The Kier molecular flexibility index (Phi) is 13.8. The molecule has 1 aromatic rings. The number of hydrogen-bond acceptors (Lipinski definition) is 18. The van der Waals surface area contributed by atoms with E-state index in [0.29, 0.717) is 12.2 Å². The van der Waals surface area contributed by atoms with Crippen molar-refractivity contribution in [1.82, 2.24) is 15.0 Å². The molecule has 0 aliphatic carbocycles. The largest absolute Gasteiger partial charge is 0.477 e. The van der Waals surface area contributed by atoms with Crippen molar-refractivity contribution in [3.8, 4) is 0 Å². The van der Waals surface area contributed by atoms with Gasteiger partial charge in [-0.25, -0.2) is 4.79 Å². The van der Waals surface area contributed by atoms with E-state index in [2.05, 4.69) is 10.3 Å². The molecule has 0 saturated carbocycles. The SMILES string of the molecule is CCCn1cc(CO[C@@H]2OC(CO)[C@@H](O[C@@H]3O[C@@H](CO)[C@H](O)C(O[C@]4(C(=O)O)C[C@@H](O)[C@@H](C)C([C@H](O)[C@H](O)CO)O4)C3O)[C@H](O)C2C)nn1. The van der Waals surface area contributed by atoms with Crippen molar-refractivity contribution in [1.29, 1.82) is 0 Å². The van der Waals surface area contributed by atoms with E-state index < -0.39 is 130 Å². The van der Waals surface area contributed by atoms with Gasteiger partial charge in [-0.2, -0.15) is 0 Å². The Bertz CT molecular complexity index is 1190. The van der Waals surface area contributed by atoms with Gasteiger partial charge in [-0.1, -0.05) is 26.0 Å². The maximum atomic E-state index is 12.6. The van der Waals surface area contributed by atoms with Gasteiger partial charge < -0.3 is 79.5 Å². The third kappa shape index (κ3) is 8.56. The summed E-state index contributed by atoms with van der Waals surface area (Å²) in [5.41, 5.74) is 0.504. The van der Waals surface area contributed by atoms with Crippen molar-refractivity contribution < 1.29 is 84.3 Å². The molecule has 3 aliphatic rings. The fourth-order valence-electron chi connectivity index (χ4n) is 6.18. The van der Waals surface area contributed by atoms with Crippen LogP contribution in [0.2, 0.25) is 0 Å². The Balaban J connectivity index is 1.51. The first-order chi connectivity index (χ1) is 23.2. The molecule has 3 saturated heterocycles. The molecule has 0 spiro atoms. The fourth-order valence-corrected chi connectivity index (χ4v) is 6.18. The lowest BCUT2D eigenvalue weighted by atomic mass is 9.84. The van der Waals surface area contributed by atoms with Crippen LogP contribution >= 0.6 is 0 Å². The van der Waals surface area contributed by atoms with Gasteiger partial charge >= 0.3 is 5.97 Å². The molecule has 0 aromatic carbocycles. The van der Waals surface area contributed by atoms with Gasteiger partial charge in [0.2, 0.25) is 0 Å². The fraction of sp³-hybridized carbons (Fsp3) is 0.897. The molecule has 49 heavy (non-hydrogen) atoms. The van der Waals surface area contributed by atoms with E-state index in [-0.39, 0.29) is 6.61 Å². The molecule has 282 valence electrons. The highest BCUT2D eigenvalue weighted by atomic mass is 16.8. The van der Waals surface area contributed by atoms with Crippen LogP contribution in [0, 0.1) is 11.8 Å². The molecule has 4 heterocycles. The molecule has 1 aromatic heterocycles. The Labute approximate surface area is 281 Å². The van der Waals surface area contributed by atoms with Crippen LogP contribution in [0.3, 0.4) is 0 Å². The number of aryl methyl sites for hydroxylation is 1. The quantitative estimate of drug-likeness (QED) is 0.0818. The molecular formula is C29H49N3O17. The minimum absolute atomic E-state index is 0.0215. The maximum absolute atomic E-state index is 12.6. The Hall–Kier alpha value is -1.99. The lowest BCUT2D eigenvalue weighted by Crippen LogP contribution is -2.68. The summed E-state index contributed by atoms with van der Waals surface area (Å²) in [6, 6.07) is 0. The number of ether oxygens (including phenoxy) is 6. The topological polar surface area (TPSA) is 305 Å². The highest BCUT2D eigenvalue weighted by Crippen LogP contribution is 2.40. The van der Waals surface area contributed by atoms with E-state index in [0.717, 1.165) is 6.42 Å². The zero-order chi connectivity index (χ0) is 36.2. The van der Waals surface area contributed by atoms with E-state index in [1.165, 1.54) is 6.92 Å². The molecule has 0 bridgehead atoms. The van der Waals surface area contributed by atoms with Gasteiger partial charge in [-0.15, -0.1) is 5.10 Å². The standard InChI is InChI=1S/C29H49N3O17/c1-4-5-32-7-14(30-31-32)11-44-26-13(3)19(38)24(18(10-35)46-26)47-27-22(41)25(21(40)17(9-34)45-27)49-29(28(42)43)6-15(36)12(2)23(48-29)20(39)16(37)8-33/h7,12-13,15-27,33-41H,4-6,8-11H2,1-3H3,(H,42,43)/t12-,13?,15-,16-,17+,18?,19-,20-,21+,22?,23?,24-,25?,26-,27+,29+/m1/s1. The number of aliphatic carboxylic acids is 1. The summed E-state index contributed by atoms with van der Waals surface area (Å²) in [5.74, 6) is -6.41. The van der Waals surface area contributed by atoms with E-state index in [4.69, 9.17) is 28.4 Å². The highest BCUT2D eigenvalue weighted by molar-refractivity contribution is 5.76. The number of aliphatic hydroxyl groups is 9. The summed E-state index contributed by atoms with van der Waals surface area (Å²) < 4.78 is 36.1. The number of carboxylic acids is 1. The van der Waals surface area contributed by atoms with Crippen molar-refractivity contribution >= 4 is 5.97 Å². The summed E-state index contributed by atoms with van der Waals surface area (Å²) in [7, 11) is 0. The molecule has 10 N–H and O–H groups in total. The van der Waals surface area contributed by atoms with Gasteiger partial charge in [-0.05, 0) is 6.42 Å². The van der Waals surface area contributed by atoms with Gasteiger partial charge in [0.25, 0.3) is 5.79 Å². The van der Waals surface area contributed by atoms with Crippen LogP contribution < -0.4 is 0 Å². The first-order valence-electron chi connectivity index (χ1n) is 16.2. The number of carbonyl (C=O) groups is 1. The van der Waals surface area contributed by atoms with Crippen molar-refractivity contribution in [3.05, 3.63) is 11.9 Å². The third-order valence-corrected chi connectivity index (χ3v) is 9.21. The second-order valence-corrected chi connectivity index (χ2v) is 12.8. The molecule has 16 atom stereocenters. The molecule has 0 radical (unpaired) electrons. The van der Waals surface area contributed by atoms with Crippen LogP contribution in [0.5, 0.6) is 0 Å². The Morgan fingerprint density at radius 3 is 2.29 bits per heavy atom. The molecule has 5 unspecified atom stereocenters. The Morgan fingerprint density at radius 2 is 1.67 bits per heavy atom. The predicted molar refractivity (Wildman–Crippen MR) is 158 cm³/mol. The number of rotatable bonds is 15. The second kappa shape index (κ2) is 17.0. The third-order valence-electron chi connectivity index (χ3n) is 9.21. The molecule has 20 heteroatoms. The van der Waals surface area contributed by atoms with Crippen molar-refractivity contribution in [2.45, 2.75) is 132 Å². The number of hydrogen-bond donors (Lipinski definition) is 10. The van der Waals surface area contributed by atoms with Gasteiger partial charge in [0.05, 0.1) is 50.9 Å². The number of nitrogens with zero attached hydrogens (tertiary/aromatic N) is 3.